The lowest BCUT2D eigenvalue weighted by Crippen LogP contribution is -2.30. The summed E-state index contributed by atoms with van der Waals surface area (Å²) in [7, 11) is 0. The number of amides is 3. The SMILES string of the molecule is CCOC(=O)c1c(-c2ccc(C)cc2)csc1NC(=O)C(CC)Sc1cccc(NC(=O)/C(=C\c2ccccc2Cl)NC(=O)c2ccccc2)c1. The first kappa shape index (κ1) is 37.1. The van der Waals surface area contributed by atoms with Crippen LogP contribution in [-0.4, -0.2) is 35.5 Å². The van der Waals surface area contributed by atoms with E-state index in [4.69, 9.17) is 16.3 Å². The summed E-state index contributed by atoms with van der Waals surface area (Å²) in [4.78, 5) is 54.1. The molecule has 1 aromatic heterocycles. The molecular formula is C40H36ClN3O5S2. The predicted octanol–water partition coefficient (Wildman–Crippen LogP) is 9.47. The number of thiophene rings is 1. The van der Waals surface area contributed by atoms with Gasteiger partial charge >= 0.3 is 5.97 Å². The zero-order valence-corrected chi connectivity index (χ0v) is 30.6. The smallest absolute Gasteiger partial charge is 0.341 e. The van der Waals surface area contributed by atoms with Gasteiger partial charge in [0.05, 0.1) is 11.9 Å². The first-order valence-corrected chi connectivity index (χ1v) is 18.4. The van der Waals surface area contributed by atoms with Gasteiger partial charge in [0, 0.05) is 32.1 Å². The van der Waals surface area contributed by atoms with E-state index in [9.17, 15) is 19.2 Å². The van der Waals surface area contributed by atoms with Gasteiger partial charge in [-0.2, -0.15) is 0 Å². The molecule has 260 valence electrons. The first-order valence-electron chi connectivity index (χ1n) is 16.2. The highest BCUT2D eigenvalue weighted by atomic mass is 35.5. The molecule has 1 unspecified atom stereocenters. The molecular weight excluding hydrogens is 702 g/mol. The van der Waals surface area contributed by atoms with E-state index in [1.165, 1.54) is 29.2 Å². The summed E-state index contributed by atoms with van der Waals surface area (Å²) >= 11 is 8.98. The lowest BCUT2D eigenvalue weighted by Gasteiger charge is -2.16. The van der Waals surface area contributed by atoms with Crippen molar-refractivity contribution >= 4 is 75.2 Å². The van der Waals surface area contributed by atoms with Crippen LogP contribution in [-0.2, 0) is 14.3 Å². The van der Waals surface area contributed by atoms with Crippen LogP contribution in [0, 0.1) is 6.92 Å². The van der Waals surface area contributed by atoms with Crippen molar-refractivity contribution < 1.29 is 23.9 Å². The Morgan fingerprint density at radius 2 is 1.61 bits per heavy atom. The number of aryl methyl sites for hydroxylation is 1. The Hall–Kier alpha value is -5.16. The zero-order chi connectivity index (χ0) is 36.3. The number of nitrogens with one attached hydrogen (secondary N) is 3. The van der Waals surface area contributed by atoms with E-state index >= 15 is 0 Å². The number of halogens is 1. The first-order chi connectivity index (χ1) is 24.7. The van der Waals surface area contributed by atoms with E-state index in [0.29, 0.717) is 44.4 Å². The minimum Gasteiger partial charge on any atom is -0.462 e. The lowest BCUT2D eigenvalue weighted by atomic mass is 10.0. The number of rotatable bonds is 13. The number of carbonyl (C=O) groups excluding carboxylic acids is 4. The molecule has 1 atom stereocenters. The van der Waals surface area contributed by atoms with Crippen LogP contribution in [0.25, 0.3) is 17.2 Å². The highest BCUT2D eigenvalue weighted by molar-refractivity contribution is 8.00. The van der Waals surface area contributed by atoms with E-state index in [0.717, 1.165) is 16.0 Å². The minimum atomic E-state index is -0.556. The summed E-state index contributed by atoms with van der Waals surface area (Å²) in [5.74, 6) is -1.78. The number of esters is 1. The van der Waals surface area contributed by atoms with Gasteiger partial charge in [0.15, 0.2) is 0 Å². The normalized spacial score (nSPS) is 11.7. The topological polar surface area (TPSA) is 114 Å². The molecule has 3 amide bonds. The third-order valence-corrected chi connectivity index (χ3v) is 10.2. The maximum atomic E-state index is 13.6. The van der Waals surface area contributed by atoms with Crippen molar-refractivity contribution in [3.63, 3.8) is 0 Å². The third-order valence-electron chi connectivity index (χ3n) is 7.64. The van der Waals surface area contributed by atoms with Crippen LogP contribution >= 0.6 is 34.7 Å². The zero-order valence-electron chi connectivity index (χ0n) is 28.2. The number of hydrogen-bond donors (Lipinski definition) is 3. The Kier molecular flexibility index (Phi) is 12.9. The molecule has 8 nitrogen and oxygen atoms in total. The monoisotopic (exact) mass is 737 g/mol. The Labute approximate surface area is 310 Å². The molecule has 0 aliphatic rings. The van der Waals surface area contributed by atoms with E-state index in [2.05, 4.69) is 16.0 Å². The molecule has 51 heavy (non-hydrogen) atoms. The Balaban J connectivity index is 1.33. The van der Waals surface area contributed by atoms with Crippen LogP contribution < -0.4 is 16.0 Å². The minimum absolute atomic E-state index is 0.000759. The fourth-order valence-corrected chi connectivity index (χ4v) is 7.18. The lowest BCUT2D eigenvalue weighted by molar-refractivity contribution is -0.116. The van der Waals surface area contributed by atoms with E-state index in [-0.39, 0.29) is 18.2 Å². The average Bonchev–Trinajstić information content (AvgIpc) is 3.55. The van der Waals surface area contributed by atoms with Gasteiger partial charge < -0.3 is 20.7 Å². The molecule has 5 aromatic rings. The summed E-state index contributed by atoms with van der Waals surface area (Å²) in [6, 6.07) is 30.5. The van der Waals surface area contributed by atoms with E-state index in [1.807, 2.05) is 49.6 Å². The molecule has 0 saturated carbocycles. The number of benzene rings is 4. The van der Waals surface area contributed by atoms with Gasteiger partial charge in [0.1, 0.15) is 16.3 Å². The molecule has 4 aromatic carbocycles. The molecule has 0 saturated heterocycles. The summed E-state index contributed by atoms with van der Waals surface area (Å²) < 4.78 is 5.36. The van der Waals surface area contributed by atoms with Gasteiger partial charge in [0.2, 0.25) is 5.91 Å². The summed E-state index contributed by atoms with van der Waals surface area (Å²) in [5, 5.41) is 10.7. The van der Waals surface area contributed by atoms with Crippen molar-refractivity contribution in [1.82, 2.24) is 5.32 Å². The molecule has 0 spiro atoms. The standard InChI is InChI=1S/C40H36ClN3O5S2/c1-4-34(38(47)44-39-35(40(48)49-5-2)31(24-50-39)26-20-18-25(3)19-21-26)51-30-16-11-15-29(23-30)42-37(46)33(22-28-14-9-10-17-32(28)41)43-36(45)27-12-7-6-8-13-27/h6-24,34H,4-5H2,1-3H3,(H,42,46)(H,43,45)(H,44,47)/b33-22+. The molecule has 11 heteroatoms. The van der Waals surface area contributed by atoms with E-state index in [1.54, 1.807) is 79.7 Å². The summed E-state index contributed by atoms with van der Waals surface area (Å²) in [5.41, 5.74) is 4.37. The maximum Gasteiger partial charge on any atom is 0.341 e. The molecule has 0 fully saturated rings. The Bertz CT molecular complexity index is 2060. The van der Waals surface area contributed by atoms with Gasteiger partial charge in [0.25, 0.3) is 11.8 Å². The largest absolute Gasteiger partial charge is 0.462 e. The highest BCUT2D eigenvalue weighted by Crippen LogP contribution is 2.37. The fraction of sp³-hybridized carbons (Fsp3) is 0.150. The van der Waals surface area contributed by atoms with Crippen LogP contribution in [0.4, 0.5) is 10.7 Å². The van der Waals surface area contributed by atoms with Crippen molar-refractivity contribution in [2.45, 2.75) is 37.3 Å². The molecule has 0 aliphatic heterocycles. The number of carbonyl (C=O) groups is 4. The Morgan fingerprint density at radius 3 is 2.31 bits per heavy atom. The van der Waals surface area contributed by atoms with Crippen LogP contribution in [0.3, 0.4) is 0 Å². The van der Waals surface area contributed by atoms with Crippen LogP contribution in [0.1, 0.15) is 52.1 Å². The molecule has 3 N–H and O–H groups in total. The molecule has 0 radical (unpaired) electrons. The molecule has 0 bridgehead atoms. The quantitative estimate of drug-likeness (QED) is 0.0631. The second-order valence-electron chi connectivity index (χ2n) is 11.3. The number of hydrogen-bond acceptors (Lipinski definition) is 7. The number of anilines is 2. The van der Waals surface area contributed by atoms with Gasteiger partial charge in [-0.1, -0.05) is 90.8 Å². The molecule has 0 aliphatic carbocycles. The van der Waals surface area contributed by atoms with Gasteiger partial charge in [-0.15, -0.1) is 23.1 Å². The van der Waals surface area contributed by atoms with Crippen molar-refractivity contribution in [2.75, 3.05) is 17.2 Å². The van der Waals surface area contributed by atoms with Crippen LogP contribution in [0.2, 0.25) is 5.02 Å². The van der Waals surface area contributed by atoms with Crippen LogP contribution in [0.15, 0.2) is 119 Å². The number of thioether (sulfide) groups is 1. The van der Waals surface area contributed by atoms with Gasteiger partial charge in [-0.3, -0.25) is 14.4 Å². The average molecular weight is 738 g/mol. The second kappa shape index (κ2) is 17.7. The highest BCUT2D eigenvalue weighted by Gasteiger charge is 2.26. The van der Waals surface area contributed by atoms with Crippen molar-refractivity contribution in [3.05, 3.63) is 141 Å². The van der Waals surface area contributed by atoms with Crippen molar-refractivity contribution in [1.29, 1.82) is 0 Å². The summed E-state index contributed by atoms with van der Waals surface area (Å²) in [6.45, 7) is 5.84. The number of ether oxygens (including phenoxy) is 1. The van der Waals surface area contributed by atoms with Gasteiger partial charge in [-0.05, 0) is 73.9 Å². The van der Waals surface area contributed by atoms with Crippen LogP contribution in [0.5, 0.6) is 0 Å². The van der Waals surface area contributed by atoms with Crippen molar-refractivity contribution in [3.8, 4) is 11.1 Å². The summed E-state index contributed by atoms with van der Waals surface area (Å²) in [6.07, 6.45) is 2.02. The molecule has 1 heterocycles. The fourth-order valence-electron chi connectivity index (χ4n) is 5.02. The second-order valence-corrected chi connectivity index (χ2v) is 13.9. The third kappa shape index (κ3) is 9.76. The predicted molar refractivity (Wildman–Crippen MR) is 207 cm³/mol. The maximum absolute atomic E-state index is 13.6. The Morgan fingerprint density at radius 1 is 0.882 bits per heavy atom. The van der Waals surface area contributed by atoms with Gasteiger partial charge in [-0.25, -0.2) is 4.79 Å². The van der Waals surface area contributed by atoms with Crippen molar-refractivity contribution in [2.24, 2.45) is 0 Å². The molecule has 5 rings (SSSR count). The van der Waals surface area contributed by atoms with E-state index < -0.39 is 23.0 Å².